The zero-order valence-corrected chi connectivity index (χ0v) is 8.08. The van der Waals surface area contributed by atoms with E-state index in [0.717, 1.165) is 0 Å². The van der Waals surface area contributed by atoms with E-state index in [1.54, 1.807) is 0 Å². The van der Waals surface area contributed by atoms with Crippen molar-refractivity contribution >= 4 is 6.71 Å². The van der Waals surface area contributed by atoms with E-state index < -0.39 is 6.75 Å². The van der Waals surface area contributed by atoms with Gasteiger partial charge in [-0.25, -0.2) is 0 Å². The van der Waals surface area contributed by atoms with E-state index in [1.165, 1.54) is 0 Å². The lowest BCUT2D eigenvalue weighted by molar-refractivity contribution is 0.647. The van der Waals surface area contributed by atoms with E-state index in [0.29, 0.717) is 0 Å². The third-order valence-electron chi connectivity index (χ3n) is 1.73. The molecule has 0 N–H and O–H groups in total. The van der Waals surface area contributed by atoms with E-state index >= 15 is 0 Å². The normalized spacial score (nSPS) is 19.2. The lowest BCUT2D eigenvalue weighted by Crippen LogP contribution is -2.31. The minimum Gasteiger partial charge on any atom is -0.0853 e. The van der Waals surface area contributed by atoms with Gasteiger partial charge in [-0.2, -0.15) is 0 Å². The van der Waals surface area contributed by atoms with Crippen molar-refractivity contribution in [2.45, 2.75) is 58.9 Å². The summed E-state index contributed by atoms with van der Waals surface area (Å²) in [6, 6.07) is 0. The monoisotopic (exact) mass is 143 g/mol. The molecule has 0 unspecified atom stereocenters. The number of hydrogen-bond acceptors (Lipinski definition) is 0. The highest BCUT2D eigenvalue weighted by Crippen LogP contribution is 2.41. The Labute approximate surface area is 70.7 Å². The largest absolute Gasteiger partial charge is 0.147 e. The quantitative estimate of drug-likeness (QED) is 0.453. The Morgan fingerprint density at radius 3 is 1.20 bits per heavy atom. The van der Waals surface area contributed by atoms with Crippen LogP contribution in [0.15, 0.2) is 0 Å². The average molecular weight is 143 g/mol. The zero-order valence-electron chi connectivity index (χ0n) is 11.1. The predicted molar refractivity (Wildman–Crippen MR) is 51.0 cm³/mol. The van der Waals surface area contributed by atoms with Gasteiger partial charge >= 0.3 is 0 Å². The minimum atomic E-state index is -1.86. The van der Waals surface area contributed by atoms with Crippen LogP contribution in [-0.4, -0.2) is 6.71 Å². The van der Waals surface area contributed by atoms with Crippen LogP contribution in [0.5, 0.6) is 0 Å². The summed E-state index contributed by atoms with van der Waals surface area (Å²) in [5.41, 5.74) is 0. The van der Waals surface area contributed by atoms with Crippen LogP contribution in [0.25, 0.3) is 0 Å². The van der Waals surface area contributed by atoms with Crippen molar-refractivity contribution in [3.63, 3.8) is 0 Å². The summed E-state index contributed by atoms with van der Waals surface area (Å²) in [6.07, 6.45) is 0. The van der Waals surface area contributed by atoms with Crippen molar-refractivity contribution in [3.05, 3.63) is 0 Å². The molecule has 10 heavy (non-hydrogen) atoms. The first kappa shape index (κ1) is 5.68. The number of rotatable bonds is 0. The fraction of sp³-hybridized carbons (Fsp3) is 1.00. The van der Waals surface area contributed by atoms with E-state index in [2.05, 4.69) is 0 Å². The van der Waals surface area contributed by atoms with Gasteiger partial charge in [0, 0.05) is 4.11 Å². The molecule has 0 rings (SSSR count). The maximum atomic E-state index is 7.53. The van der Waals surface area contributed by atoms with E-state index in [1.807, 2.05) is 41.5 Å². The van der Waals surface area contributed by atoms with Gasteiger partial charge in [0.25, 0.3) is 0 Å². The van der Waals surface area contributed by atoms with E-state index in [9.17, 15) is 0 Å². The van der Waals surface area contributed by atoms with Crippen LogP contribution in [0.4, 0.5) is 0 Å². The molecule has 0 aromatic rings. The van der Waals surface area contributed by atoms with Gasteiger partial charge < -0.3 is 0 Å². The molecule has 0 aromatic carbocycles. The van der Waals surface area contributed by atoms with Crippen molar-refractivity contribution in [3.8, 4) is 0 Å². The molecular weight excluding hydrogens is 119 g/mol. The molecule has 0 fully saturated rings. The van der Waals surface area contributed by atoms with Gasteiger partial charge in [0.1, 0.15) is 6.71 Å². The molecule has 0 heterocycles. The van der Waals surface area contributed by atoms with Crippen LogP contribution in [-0.2, 0) is 0 Å². The summed E-state index contributed by atoms with van der Waals surface area (Å²) in [7, 11) is 0. The summed E-state index contributed by atoms with van der Waals surface area (Å²) in [5.74, 6) is 0. The van der Waals surface area contributed by atoms with Gasteiger partial charge in [0.05, 0.1) is 0 Å². The summed E-state index contributed by atoms with van der Waals surface area (Å²) in [4.78, 5) is 0. The van der Waals surface area contributed by atoms with Gasteiger partial charge in [-0.1, -0.05) is 58.9 Å². The van der Waals surface area contributed by atoms with E-state index in [-0.39, 0.29) is 17.3 Å². The molecule has 0 aromatic heterocycles. The maximum Gasteiger partial charge on any atom is 0.147 e. The van der Waals surface area contributed by atoms with Crippen molar-refractivity contribution in [1.29, 1.82) is 0 Å². The Balaban J connectivity index is 5.02. The molecule has 0 saturated carbocycles. The summed E-state index contributed by atoms with van der Waals surface area (Å²) < 4.78 is 22.6. The molecule has 0 aliphatic carbocycles. The van der Waals surface area contributed by atoms with Crippen LogP contribution in [0, 0.1) is 0 Å². The fourth-order valence-electron chi connectivity index (χ4n) is 1.30. The summed E-state index contributed by atoms with van der Waals surface area (Å²) in [5, 5.41) is -0.354. The Kier molecular flexibility index (Phi) is 1.48. The third kappa shape index (κ3) is 2.77. The molecule has 60 valence electrons. The Bertz CT molecular complexity index is 137. The maximum absolute atomic E-state index is 7.53. The van der Waals surface area contributed by atoms with Crippen LogP contribution in [0.2, 0.25) is 17.4 Å². The third-order valence-corrected chi connectivity index (χ3v) is 1.73. The molecule has 0 bridgehead atoms. The molecule has 0 amide bonds. The fourth-order valence-corrected chi connectivity index (χ4v) is 1.30. The highest BCUT2D eigenvalue weighted by Gasteiger charge is 2.33. The predicted octanol–water partition coefficient (Wildman–Crippen LogP) is 3.71. The van der Waals surface area contributed by atoms with Crippen LogP contribution in [0.1, 0.15) is 45.7 Å². The van der Waals surface area contributed by atoms with Crippen molar-refractivity contribution in [2.75, 3.05) is 0 Å². The van der Waals surface area contributed by atoms with Gasteiger partial charge in [0.2, 0.25) is 0 Å². The zero-order chi connectivity index (χ0) is 11.1. The van der Waals surface area contributed by atoms with Crippen molar-refractivity contribution in [2.24, 2.45) is 0 Å². The standard InChI is InChI=1S/C9H21B/c1-8(2,3)10(7)9(4,5)6/h1-7H3/i7D3. The second-order valence-corrected chi connectivity index (χ2v) is 5.17. The molecule has 1 heteroatoms. The molecule has 0 aliphatic heterocycles. The topological polar surface area (TPSA) is 0 Å². The molecule has 0 spiro atoms. The Morgan fingerprint density at radius 1 is 0.900 bits per heavy atom. The summed E-state index contributed by atoms with van der Waals surface area (Å²) >= 11 is 0. The van der Waals surface area contributed by atoms with Crippen molar-refractivity contribution < 1.29 is 4.11 Å². The second-order valence-electron chi connectivity index (χ2n) is 5.17. The molecular formula is C9H21B. The minimum absolute atomic E-state index is 0.177. The molecule has 0 nitrogen and oxygen atoms in total. The highest BCUT2D eigenvalue weighted by atomic mass is 14.1. The summed E-state index contributed by atoms with van der Waals surface area (Å²) in [6.45, 7) is 9.84. The van der Waals surface area contributed by atoms with Gasteiger partial charge in [-0.3, -0.25) is 0 Å². The molecule has 0 aliphatic rings. The first-order valence-corrected chi connectivity index (χ1v) is 3.87. The highest BCUT2D eigenvalue weighted by molar-refractivity contribution is 6.63. The SMILES string of the molecule is [2H]C([2H])([2H])B(C(C)(C)C)C(C)(C)C. The first-order chi connectivity index (χ1) is 5.37. The van der Waals surface area contributed by atoms with Gasteiger partial charge in [-0.05, 0) is 0 Å². The van der Waals surface area contributed by atoms with E-state index in [4.69, 9.17) is 4.11 Å². The van der Waals surface area contributed by atoms with Crippen molar-refractivity contribution in [1.82, 2.24) is 0 Å². The Morgan fingerprint density at radius 2 is 1.20 bits per heavy atom. The molecule has 0 radical (unpaired) electrons. The lowest BCUT2D eigenvalue weighted by atomic mass is 9.25. The van der Waals surface area contributed by atoms with Crippen LogP contribution >= 0.6 is 0 Å². The molecule has 0 atom stereocenters. The van der Waals surface area contributed by atoms with Crippen LogP contribution in [0.3, 0.4) is 0 Å². The lowest BCUT2D eigenvalue weighted by Gasteiger charge is -2.35. The first-order valence-electron chi connectivity index (χ1n) is 5.37. The van der Waals surface area contributed by atoms with Gasteiger partial charge in [-0.15, -0.1) is 0 Å². The smallest absolute Gasteiger partial charge is 0.0853 e. The van der Waals surface area contributed by atoms with Gasteiger partial charge in [0.15, 0.2) is 0 Å². The Hall–Kier alpha value is 0.0649. The van der Waals surface area contributed by atoms with Crippen LogP contribution < -0.4 is 0 Å². The average Bonchev–Trinajstić information content (AvgIpc) is 1.44. The molecule has 0 saturated heterocycles. The second kappa shape index (κ2) is 2.60. The number of hydrogen-bond donors (Lipinski definition) is 0.